The Kier molecular flexibility index (Phi) is 3.70. The Morgan fingerprint density at radius 3 is 3.07 bits per heavy atom. The number of amidine groups is 1. The quantitative estimate of drug-likeness (QED) is 0.878. The van der Waals surface area contributed by atoms with Gasteiger partial charge in [0, 0.05) is 10.1 Å². The van der Waals surface area contributed by atoms with Crippen LogP contribution in [0.15, 0.2) is 22.5 Å². The van der Waals surface area contributed by atoms with E-state index in [4.69, 9.17) is 0 Å². The second kappa shape index (κ2) is 5.03. The SMILES string of the molecule is CC(C)C1CN=C(NCc2cccs2)S1. The third-order valence-electron chi connectivity index (χ3n) is 2.42. The van der Waals surface area contributed by atoms with E-state index in [0.717, 1.165) is 18.3 Å². The van der Waals surface area contributed by atoms with Gasteiger partial charge in [0.15, 0.2) is 5.17 Å². The monoisotopic (exact) mass is 240 g/mol. The Hall–Kier alpha value is -0.480. The summed E-state index contributed by atoms with van der Waals surface area (Å²) in [5, 5.41) is 7.28. The second-order valence-corrected chi connectivity index (χ2v) is 6.24. The number of thioether (sulfide) groups is 1. The summed E-state index contributed by atoms with van der Waals surface area (Å²) in [6.45, 7) is 6.40. The van der Waals surface area contributed by atoms with E-state index in [1.807, 2.05) is 11.8 Å². The van der Waals surface area contributed by atoms with Crippen molar-refractivity contribution in [1.82, 2.24) is 5.32 Å². The number of thiophene rings is 1. The maximum absolute atomic E-state index is 4.51. The number of hydrogen-bond donors (Lipinski definition) is 1. The smallest absolute Gasteiger partial charge is 0.157 e. The molecule has 4 heteroatoms. The average molecular weight is 240 g/mol. The summed E-state index contributed by atoms with van der Waals surface area (Å²) in [5.74, 6) is 0.708. The summed E-state index contributed by atoms with van der Waals surface area (Å²) >= 11 is 3.67. The molecule has 1 unspecified atom stereocenters. The van der Waals surface area contributed by atoms with Crippen molar-refractivity contribution in [1.29, 1.82) is 0 Å². The van der Waals surface area contributed by atoms with E-state index in [2.05, 4.69) is 41.7 Å². The highest BCUT2D eigenvalue weighted by Crippen LogP contribution is 2.26. The van der Waals surface area contributed by atoms with Crippen LogP contribution in [0.25, 0.3) is 0 Å². The van der Waals surface area contributed by atoms with Crippen LogP contribution in [-0.2, 0) is 6.54 Å². The maximum atomic E-state index is 4.51. The molecule has 1 aromatic heterocycles. The fraction of sp³-hybridized carbons (Fsp3) is 0.545. The van der Waals surface area contributed by atoms with Crippen molar-refractivity contribution in [2.75, 3.05) is 6.54 Å². The topological polar surface area (TPSA) is 24.4 Å². The first-order valence-corrected chi connectivity index (χ1v) is 6.99. The van der Waals surface area contributed by atoms with E-state index in [0.29, 0.717) is 11.2 Å². The molecule has 1 N–H and O–H groups in total. The highest BCUT2D eigenvalue weighted by Gasteiger charge is 2.21. The lowest BCUT2D eigenvalue weighted by Crippen LogP contribution is -2.19. The first-order chi connectivity index (χ1) is 7.25. The van der Waals surface area contributed by atoms with Crippen molar-refractivity contribution in [2.24, 2.45) is 10.9 Å². The highest BCUT2D eigenvalue weighted by molar-refractivity contribution is 8.14. The summed E-state index contributed by atoms with van der Waals surface area (Å²) in [6.07, 6.45) is 0. The molecule has 2 heterocycles. The minimum atomic E-state index is 0.663. The summed E-state index contributed by atoms with van der Waals surface area (Å²) < 4.78 is 0. The number of nitrogens with one attached hydrogen (secondary N) is 1. The predicted molar refractivity (Wildman–Crippen MR) is 69.7 cm³/mol. The van der Waals surface area contributed by atoms with Crippen LogP contribution in [0.4, 0.5) is 0 Å². The Balaban J connectivity index is 1.78. The summed E-state index contributed by atoms with van der Waals surface area (Å²) in [4.78, 5) is 5.88. The predicted octanol–water partition coefficient (Wildman–Crippen LogP) is 2.97. The molecule has 15 heavy (non-hydrogen) atoms. The van der Waals surface area contributed by atoms with Gasteiger partial charge >= 0.3 is 0 Å². The van der Waals surface area contributed by atoms with Gasteiger partial charge in [-0.15, -0.1) is 11.3 Å². The minimum absolute atomic E-state index is 0.663. The lowest BCUT2D eigenvalue weighted by Gasteiger charge is -2.11. The molecule has 2 nitrogen and oxygen atoms in total. The van der Waals surface area contributed by atoms with E-state index >= 15 is 0 Å². The summed E-state index contributed by atoms with van der Waals surface area (Å²) in [7, 11) is 0. The van der Waals surface area contributed by atoms with Crippen LogP contribution in [0.5, 0.6) is 0 Å². The van der Waals surface area contributed by atoms with Crippen LogP contribution < -0.4 is 5.32 Å². The molecule has 0 saturated carbocycles. The molecule has 1 aliphatic heterocycles. The third-order valence-corrected chi connectivity index (χ3v) is 4.78. The van der Waals surface area contributed by atoms with E-state index in [9.17, 15) is 0 Å². The molecule has 0 radical (unpaired) electrons. The first kappa shape index (κ1) is 11.0. The Labute approximate surface area is 99.2 Å². The molecular weight excluding hydrogens is 224 g/mol. The molecule has 0 fully saturated rings. The van der Waals surface area contributed by atoms with Crippen molar-refractivity contribution in [2.45, 2.75) is 25.6 Å². The van der Waals surface area contributed by atoms with Gasteiger partial charge in [-0.2, -0.15) is 0 Å². The highest BCUT2D eigenvalue weighted by atomic mass is 32.2. The van der Waals surface area contributed by atoms with Crippen molar-refractivity contribution in [3.63, 3.8) is 0 Å². The zero-order chi connectivity index (χ0) is 10.7. The Morgan fingerprint density at radius 1 is 1.60 bits per heavy atom. The van der Waals surface area contributed by atoms with Crippen molar-refractivity contribution >= 4 is 28.3 Å². The van der Waals surface area contributed by atoms with Crippen molar-refractivity contribution in [3.8, 4) is 0 Å². The summed E-state index contributed by atoms with van der Waals surface area (Å²) in [5.41, 5.74) is 0. The lowest BCUT2D eigenvalue weighted by molar-refractivity contribution is 0.621. The number of nitrogens with zero attached hydrogens (tertiary/aromatic N) is 1. The fourth-order valence-electron chi connectivity index (χ4n) is 1.41. The number of rotatable bonds is 3. The van der Waals surface area contributed by atoms with E-state index in [1.54, 1.807) is 11.3 Å². The van der Waals surface area contributed by atoms with Gasteiger partial charge in [-0.05, 0) is 17.4 Å². The van der Waals surface area contributed by atoms with Crippen molar-refractivity contribution in [3.05, 3.63) is 22.4 Å². The van der Waals surface area contributed by atoms with Gasteiger partial charge in [0.2, 0.25) is 0 Å². The largest absolute Gasteiger partial charge is 0.360 e. The standard InChI is InChI=1S/C11H16N2S2/c1-8(2)10-7-13-11(15-10)12-6-9-4-3-5-14-9/h3-5,8,10H,6-7H2,1-2H3,(H,12,13). The number of aliphatic imine (C=N–C) groups is 1. The van der Waals surface area contributed by atoms with E-state index < -0.39 is 0 Å². The van der Waals surface area contributed by atoms with Gasteiger partial charge < -0.3 is 5.32 Å². The van der Waals surface area contributed by atoms with Crippen LogP contribution in [0, 0.1) is 5.92 Å². The molecule has 1 atom stereocenters. The Bertz CT molecular complexity index is 330. The van der Waals surface area contributed by atoms with E-state index in [-0.39, 0.29) is 0 Å². The zero-order valence-electron chi connectivity index (χ0n) is 9.06. The van der Waals surface area contributed by atoms with Crippen LogP contribution in [0.3, 0.4) is 0 Å². The molecule has 0 aliphatic carbocycles. The van der Waals surface area contributed by atoms with Gasteiger partial charge in [-0.25, -0.2) is 0 Å². The van der Waals surface area contributed by atoms with Gasteiger partial charge in [-0.3, -0.25) is 4.99 Å². The molecular formula is C11H16N2S2. The molecule has 1 aliphatic rings. The third kappa shape index (κ3) is 2.98. The fourth-order valence-corrected chi connectivity index (χ4v) is 3.07. The van der Waals surface area contributed by atoms with Crippen molar-refractivity contribution < 1.29 is 0 Å². The molecule has 0 saturated heterocycles. The summed E-state index contributed by atoms with van der Waals surface area (Å²) in [6, 6.07) is 4.24. The minimum Gasteiger partial charge on any atom is -0.360 e. The zero-order valence-corrected chi connectivity index (χ0v) is 10.7. The molecule has 0 bridgehead atoms. The van der Waals surface area contributed by atoms with Crippen LogP contribution in [0.1, 0.15) is 18.7 Å². The molecule has 82 valence electrons. The van der Waals surface area contributed by atoms with Gasteiger partial charge in [0.05, 0.1) is 13.1 Å². The maximum Gasteiger partial charge on any atom is 0.157 e. The first-order valence-electron chi connectivity index (χ1n) is 5.23. The van der Waals surface area contributed by atoms with Crippen LogP contribution in [-0.4, -0.2) is 17.0 Å². The van der Waals surface area contributed by atoms with Gasteiger partial charge in [-0.1, -0.05) is 31.7 Å². The molecule has 1 aromatic rings. The van der Waals surface area contributed by atoms with Gasteiger partial charge in [0.25, 0.3) is 0 Å². The van der Waals surface area contributed by atoms with Gasteiger partial charge in [0.1, 0.15) is 0 Å². The average Bonchev–Trinajstić information content (AvgIpc) is 2.86. The molecule has 0 amide bonds. The molecule has 0 spiro atoms. The molecule has 0 aromatic carbocycles. The number of hydrogen-bond acceptors (Lipinski definition) is 4. The second-order valence-electron chi connectivity index (χ2n) is 3.98. The molecule has 2 rings (SSSR count). The normalized spacial score (nSPS) is 20.7. The Morgan fingerprint density at radius 2 is 2.47 bits per heavy atom. The lowest BCUT2D eigenvalue weighted by atomic mass is 10.1. The van der Waals surface area contributed by atoms with Crippen LogP contribution >= 0.6 is 23.1 Å². The van der Waals surface area contributed by atoms with E-state index in [1.165, 1.54) is 4.88 Å². The van der Waals surface area contributed by atoms with Crippen LogP contribution in [0.2, 0.25) is 0 Å².